The lowest BCUT2D eigenvalue weighted by Gasteiger charge is -2.32. The number of halogens is 1. The second-order valence-electron chi connectivity index (χ2n) is 6.29. The van der Waals surface area contributed by atoms with E-state index < -0.39 is 27.9 Å². The van der Waals surface area contributed by atoms with Crippen LogP contribution < -0.4 is 0 Å². The van der Waals surface area contributed by atoms with Gasteiger partial charge in [-0.15, -0.1) is 0 Å². The summed E-state index contributed by atoms with van der Waals surface area (Å²) >= 11 is 0. The molecule has 1 aromatic carbocycles. The van der Waals surface area contributed by atoms with Gasteiger partial charge in [0.2, 0.25) is 10.0 Å². The zero-order valence-corrected chi connectivity index (χ0v) is 13.7. The zero-order valence-electron chi connectivity index (χ0n) is 12.9. The highest BCUT2D eigenvalue weighted by atomic mass is 32.2. The Bertz CT molecular complexity index is 818. The molecule has 1 heterocycles. The number of nitrogens with zero attached hydrogens (tertiary/aromatic N) is 2. The molecule has 6 nitrogen and oxygen atoms in total. The van der Waals surface area contributed by atoms with Crippen LogP contribution in [0.15, 0.2) is 23.1 Å². The normalized spacial score (nSPS) is 27.4. The van der Waals surface area contributed by atoms with Crippen molar-refractivity contribution in [1.82, 2.24) is 4.31 Å². The fraction of sp³-hybridized carbons (Fsp3) is 0.500. The van der Waals surface area contributed by atoms with Gasteiger partial charge in [-0.25, -0.2) is 12.8 Å². The number of rotatable bonds is 3. The van der Waals surface area contributed by atoms with Crippen molar-refractivity contribution in [3.63, 3.8) is 0 Å². The van der Waals surface area contributed by atoms with Gasteiger partial charge in [-0.05, 0) is 43.4 Å². The molecule has 1 aliphatic heterocycles. The van der Waals surface area contributed by atoms with Crippen molar-refractivity contribution in [3.8, 4) is 6.07 Å². The highest BCUT2D eigenvalue weighted by Gasteiger charge is 2.51. The summed E-state index contributed by atoms with van der Waals surface area (Å²) in [5.41, 5.74) is -0.373. The Labute approximate surface area is 139 Å². The van der Waals surface area contributed by atoms with E-state index in [4.69, 9.17) is 5.26 Å². The summed E-state index contributed by atoms with van der Waals surface area (Å²) in [6, 6.07) is 3.14. The van der Waals surface area contributed by atoms with E-state index in [2.05, 4.69) is 0 Å². The molecule has 1 saturated carbocycles. The van der Waals surface area contributed by atoms with Crippen molar-refractivity contribution in [2.45, 2.75) is 49.1 Å². The van der Waals surface area contributed by atoms with Gasteiger partial charge in [0.15, 0.2) is 0 Å². The molecule has 1 N–H and O–H groups in total. The molecule has 1 saturated heterocycles. The lowest BCUT2D eigenvalue weighted by atomic mass is 9.85. The van der Waals surface area contributed by atoms with Crippen molar-refractivity contribution >= 4 is 16.0 Å². The summed E-state index contributed by atoms with van der Waals surface area (Å²) in [5, 5.41) is 18.4. The number of carbonyl (C=O) groups is 1. The number of nitriles is 1. The van der Waals surface area contributed by atoms with E-state index in [9.17, 15) is 22.7 Å². The van der Waals surface area contributed by atoms with Crippen LogP contribution in [0.1, 0.15) is 37.7 Å². The quantitative estimate of drug-likeness (QED) is 0.898. The number of benzene rings is 1. The molecule has 0 radical (unpaired) electrons. The van der Waals surface area contributed by atoms with Crippen LogP contribution in [0, 0.1) is 23.1 Å². The monoisotopic (exact) mass is 352 g/mol. The smallest absolute Gasteiger partial charge is 0.322 e. The van der Waals surface area contributed by atoms with Crippen LogP contribution in [0.3, 0.4) is 0 Å². The van der Waals surface area contributed by atoms with E-state index in [1.54, 1.807) is 6.07 Å². The number of sulfonamides is 1. The minimum Gasteiger partial charge on any atom is -0.480 e. The van der Waals surface area contributed by atoms with Crippen molar-refractivity contribution in [2.24, 2.45) is 5.92 Å². The average Bonchev–Trinajstić information content (AvgIpc) is 2.95. The maximum Gasteiger partial charge on any atom is 0.322 e. The number of hydrogen-bond acceptors (Lipinski definition) is 4. The average molecular weight is 352 g/mol. The molecule has 0 spiro atoms. The van der Waals surface area contributed by atoms with Gasteiger partial charge in [-0.3, -0.25) is 4.79 Å². The highest BCUT2D eigenvalue weighted by molar-refractivity contribution is 7.89. The third-order valence-corrected chi connectivity index (χ3v) is 6.88. The largest absolute Gasteiger partial charge is 0.480 e. The summed E-state index contributed by atoms with van der Waals surface area (Å²) < 4.78 is 40.6. The molecule has 3 unspecified atom stereocenters. The van der Waals surface area contributed by atoms with E-state index in [1.165, 1.54) is 0 Å². The fourth-order valence-corrected chi connectivity index (χ4v) is 5.74. The molecule has 0 amide bonds. The van der Waals surface area contributed by atoms with Gasteiger partial charge in [0.05, 0.1) is 10.5 Å². The Morgan fingerprint density at radius 3 is 2.71 bits per heavy atom. The van der Waals surface area contributed by atoms with Crippen molar-refractivity contribution in [3.05, 3.63) is 29.6 Å². The highest BCUT2D eigenvalue weighted by Crippen LogP contribution is 2.42. The molecule has 24 heavy (non-hydrogen) atoms. The van der Waals surface area contributed by atoms with Crippen LogP contribution in [-0.4, -0.2) is 35.9 Å². The van der Waals surface area contributed by atoms with E-state index in [0.717, 1.165) is 41.8 Å². The maximum absolute atomic E-state index is 13.5. The summed E-state index contributed by atoms with van der Waals surface area (Å²) in [5.74, 6) is -1.94. The maximum atomic E-state index is 13.5. The minimum absolute atomic E-state index is 0.0329. The summed E-state index contributed by atoms with van der Waals surface area (Å²) in [4.78, 5) is 11.4. The van der Waals surface area contributed by atoms with E-state index in [1.807, 2.05) is 0 Å². The second-order valence-corrected chi connectivity index (χ2v) is 8.13. The molecule has 0 bridgehead atoms. The van der Waals surface area contributed by atoms with Crippen LogP contribution in [0.4, 0.5) is 4.39 Å². The van der Waals surface area contributed by atoms with Gasteiger partial charge in [0.25, 0.3) is 0 Å². The summed E-state index contributed by atoms with van der Waals surface area (Å²) in [7, 11) is -4.12. The lowest BCUT2D eigenvalue weighted by molar-refractivity contribution is -0.141. The van der Waals surface area contributed by atoms with Gasteiger partial charge in [-0.2, -0.15) is 9.57 Å². The number of carboxylic acids is 1. The molecule has 1 aromatic rings. The fourth-order valence-electron chi connectivity index (χ4n) is 3.85. The summed E-state index contributed by atoms with van der Waals surface area (Å²) in [6.07, 6.45) is 3.56. The molecule has 128 valence electrons. The SMILES string of the molecule is N#Cc1cc(S(=O)(=O)N2C(C(=O)O)CC3CCCCC32)ccc1F. The predicted octanol–water partition coefficient (Wildman–Crippen LogP) is 2.10. The molecule has 3 rings (SSSR count). The first-order chi connectivity index (χ1) is 11.4. The third kappa shape index (κ3) is 2.68. The Hall–Kier alpha value is -1.98. The van der Waals surface area contributed by atoms with Gasteiger partial charge in [0.1, 0.15) is 17.9 Å². The standard InChI is InChI=1S/C16H17FN2O4S/c17-13-6-5-12(7-11(13)9-18)24(22,23)19-14-4-2-1-3-10(14)8-15(19)16(20)21/h5-7,10,14-15H,1-4,8H2,(H,20,21). The molecule has 1 aliphatic carbocycles. The van der Waals surface area contributed by atoms with Crippen LogP contribution >= 0.6 is 0 Å². The third-order valence-electron chi connectivity index (χ3n) is 4.95. The molecular formula is C16H17FN2O4S. The Morgan fingerprint density at radius 1 is 1.33 bits per heavy atom. The second kappa shape index (κ2) is 6.15. The van der Waals surface area contributed by atoms with Crippen LogP contribution in [-0.2, 0) is 14.8 Å². The van der Waals surface area contributed by atoms with Gasteiger partial charge >= 0.3 is 5.97 Å². The van der Waals surface area contributed by atoms with Crippen molar-refractivity contribution in [2.75, 3.05) is 0 Å². The molecule has 3 atom stereocenters. The number of aliphatic carboxylic acids is 1. The minimum atomic E-state index is -4.12. The van der Waals surface area contributed by atoms with Crippen LogP contribution in [0.5, 0.6) is 0 Å². The number of fused-ring (bicyclic) bond motifs is 1. The van der Waals surface area contributed by atoms with Crippen molar-refractivity contribution in [1.29, 1.82) is 5.26 Å². The molecule has 0 aromatic heterocycles. The Kier molecular flexibility index (Phi) is 4.32. The molecule has 2 aliphatic rings. The zero-order chi connectivity index (χ0) is 17.5. The van der Waals surface area contributed by atoms with E-state index in [-0.39, 0.29) is 22.4 Å². The number of carboxylic acid groups (broad SMARTS) is 1. The first-order valence-corrected chi connectivity index (χ1v) is 9.26. The predicted molar refractivity (Wildman–Crippen MR) is 81.9 cm³/mol. The van der Waals surface area contributed by atoms with Gasteiger partial charge < -0.3 is 5.11 Å². The lowest BCUT2D eigenvalue weighted by Crippen LogP contribution is -2.46. The van der Waals surface area contributed by atoms with Crippen molar-refractivity contribution < 1.29 is 22.7 Å². The van der Waals surface area contributed by atoms with Gasteiger partial charge in [-0.1, -0.05) is 12.8 Å². The van der Waals surface area contributed by atoms with E-state index in [0.29, 0.717) is 12.8 Å². The number of hydrogen-bond donors (Lipinski definition) is 1. The molecular weight excluding hydrogens is 335 g/mol. The first kappa shape index (κ1) is 16.9. The topological polar surface area (TPSA) is 98.5 Å². The van der Waals surface area contributed by atoms with Crippen LogP contribution in [0.25, 0.3) is 0 Å². The Balaban J connectivity index is 2.06. The first-order valence-electron chi connectivity index (χ1n) is 7.82. The van der Waals surface area contributed by atoms with Gasteiger partial charge in [0, 0.05) is 6.04 Å². The van der Waals surface area contributed by atoms with E-state index >= 15 is 0 Å². The molecule has 2 fully saturated rings. The molecule has 8 heteroatoms. The summed E-state index contributed by atoms with van der Waals surface area (Å²) in [6.45, 7) is 0. The Morgan fingerprint density at radius 2 is 2.04 bits per heavy atom. The van der Waals surface area contributed by atoms with Crippen LogP contribution in [0.2, 0.25) is 0 Å².